The topological polar surface area (TPSA) is 82.2 Å². The Morgan fingerprint density at radius 3 is 3.00 bits per heavy atom. The lowest BCUT2D eigenvalue weighted by Crippen LogP contribution is -2.38. The molecule has 0 aliphatic carbocycles. The van der Waals surface area contributed by atoms with Crippen LogP contribution >= 0.6 is 0 Å². The fourth-order valence-corrected chi connectivity index (χ4v) is 3.27. The maximum Gasteiger partial charge on any atom is 0.134 e. The highest BCUT2D eigenvalue weighted by Crippen LogP contribution is 2.26. The first-order valence-corrected chi connectivity index (χ1v) is 8.63. The molecule has 2 aromatic rings. The van der Waals surface area contributed by atoms with Crippen LogP contribution in [0.3, 0.4) is 0 Å². The van der Waals surface area contributed by atoms with E-state index in [2.05, 4.69) is 49.4 Å². The molecule has 3 rings (SSSR count). The van der Waals surface area contributed by atoms with Gasteiger partial charge in [0, 0.05) is 45.0 Å². The van der Waals surface area contributed by atoms with Crippen molar-refractivity contribution in [3.05, 3.63) is 30.4 Å². The van der Waals surface area contributed by atoms with Crippen LogP contribution in [0.15, 0.2) is 24.8 Å². The van der Waals surface area contributed by atoms with Gasteiger partial charge in [0.05, 0.1) is 12.3 Å². The average molecular weight is 345 g/mol. The van der Waals surface area contributed by atoms with Gasteiger partial charge in [-0.1, -0.05) is 0 Å². The number of aromatic amines is 1. The molecular weight excluding hydrogens is 318 g/mol. The number of nitrogens with zero attached hydrogens (tertiary/aromatic N) is 5. The van der Waals surface area contributed by atoms with Crippen molar-refractivity contribution in [2.45, 2.75) is 25.0 Å². The first kappa shape index (κ1) is 17.6. The van der Waals surface area contributed by atoms with Crippen molar-refractivity contribution in [2.24, 2.45) is 0 Å². The Morgan fingerprint density at radius 1 is 1.40 bits per heavy atom. The van der Waals surface area contributed by atoms with E-state index in [1.165, 1.54) is 5.56 Å². The minimum absolute atomic E-state index is 0.248. The second-order valence-corrected chi connectivity index (χ2v) is 6.71. The van der Waals surface area contributed by atoms with Gasteiger partial charge in [-0.05, 0) is 32.5 Å². The van der Waals surface area contributed by atoms with E-state index in [-0.39, 0.29) is 6.10 Å². The zero-order chi connectivity index (χ0) is 17.6. The molecule has 2 atom stereocenters. The van der Waals surface area contributed by atoms with Gasteiger partial charge in [-0.25, -0.2) is 9.97 Å². The van der Waals surface area contributed by atoms with Gasteiger partial charge in [-0.3, -0.25) is 5.10 Å². The average Bonchev–Trinajstić information content (AvgIpc) is 3.24. The zero-order valence-electron chi connectivity index (χ0n) is 15.1. The van der Waals surface area contributed by atoms with Gasteiger partial charge < -0.3 is 19.9 Å². The van der Waals surface area contributed by atoms with Crippen LogP contribution < -0.4 is 10.2 Å². The molecule has 0 unspecified atom stereocenters. The first-order valence-electron chi connectivity index (χ1n) is 8.63. The summed E-state index contributed by atoms with van der Waals surface area (Å²) >= 11 is 0. The highest BCUT2D eigenvalue weighted by atomic mass is 16.5. The number of likely N-dealkylation sites (N-methyl/N-ethyl adjacent to an activating group) is 1. The molecule has 25 heavy (non-hydrogen) atoms. The Morgan fingerprint density at radius 2 is 2.28 bits per heavy atom. The molecule has 8 nitrogen and oxygen atoms in total. The number of H-pyrrole nitrogens is 1. The van der Waals surface area contributed by atoms with Crippen LogP contribution in [0, 0.1) is 0 Å². The summed E-state index contributed by atoms with van der Waals surface area (Å²) in [5.41, 5.74) is 1.18. The number of anilines is 2. The molecule has 1 aliphatic heterocycles. The van der Waals surface area contributed by atoms with E-state index in [1.54, 1.807) is 13.4 Å². The molecule has 1 saturated heterocycles. The highest BCUT2D eigenvalue weighted by Gasteiger charge is 2.33. The Bertz CT molecular complexity index is 646. The molecule has 8 heteroatoms. The maximum atomic E-state index is 5.58. The lowest BCUT2D eigenvalue weighted by atomic mass is 10.2. The summed E-state index contributed by atoms with van der Waals surface area (Å²) in [5.74, 6) is 1.80. The maximum absolute atomic E-state index is 5.58. The Balaban J connectivity index is 1.64. The lowest BCUT2D eigenvalue weighted by molar-refractivity contribution is 0.117. The number of ether oxygens (including phenoxy) is 1. The molecule has 3 heterocycles. The third-order valence-electron chi connectivity index (χ3n) is 4.51. The molecule has 0 radical (unpaired) electrons. The van der Waals surface area contributed by atoms with Crippen molar-refractivity contribution in [3.63, 3.8) is 0 Å². The van der Waals surface area contributed by atoms with Gasteiger partial charge in [0.2, 0.25) is 0 Å². The van der Waals surface area contributed by atoms with E-state index in [0.717, 1.165) is 44.1 Å². The van der Waals surface area contributed by atoms with Gasteiger partial charge in [0.25, 0.3) is 0 Å². The number of nitrogens with one attached hydrogen (secondary N) is 2. The van der Waals surface area contributed by atoms with Gasteiger partial charge in [-0.2, -0.15) is 5.10 Å². The van der Waals surface area contributed by atoms with Crippen LogP contribution in [0.25, 0.3) is 0 Å². The summed E-state index contributed by atoms with van der Waals surface area (Å²) in [6, 6.07) is 2.42. The molecule has 0 bridgehead atoms. The van der Waals surface area contributed by atoms with Crippen LogP contribution in [0.1, 0.15) is 12.0 Å². The molecular formula is C17H27N7O. The summed E-state index contributed by atoms with van der Waals surface area (Å²) in [7, 11) is 5.98. The molecule has 1 fully saturated rings. The predicted octanol–water partition coefficient (Wildman–Crippen LogP) is 1.01. The van der Waals surface area contributed by atoms with Crippen LogP contribution in [-0.4, -0.2) is 78.1 Å². The molecule has 0 saturated carbocycles. The van der Waals surface area contributed by atoms with E-state index in [0.29, 0.717) is 6.04 Å². The van der Waals surface area contributed by atoms with Crippen LogP contribution in [0.5, 0.6) is 0 Å². The quantitative estimate of drug-likeness (QED) is 0.739. The smallest absolute Gasteiger partial charge is 0.134 e. The molecule has 2 N–H and O–H groups in total. The highest BCUT2D eigenvalue weighted by molar-refractivity contribution is 5.50. The normalized spacial score (nSPS) is 20.4. The number of aromatic nitrogens is 4. The van der Waals surface area contributed by atoms with E-state index >= 15 is 0 Å². The predicted molar refractivity (Wildman–Crippen MR) is 97.9 cm³/mol. The standard InChI is InChI=1S/C17H27N7O/c1-23(2)10-14-6-15(25-3)11-24(14)17-7-16(19-12-20-17)18-5-4-13-8-21-22-9-13/h7-9,12,14-15H,4-6,10-11H2,1-3H3,(H,21,22)(H,18,19,20)/t14-,15-/m0/s1. The minimum Gasteiger partial charge on any atom is -0.380 e. The third kappa shape index (κ3) is 4.67. The molecule has 0 amide bonds. The van der Waals surface area contributed by atoms with Gasteiger partial charge in [0.1, 0.15) is 18.0 Å². The second kappa shape index (κ2) is 8.26. The third-order valence-corrected chi connectivity index (χ3v) is 4.51. The summed E-state index contributed by atoms with van der Waals surface area (Å²) in [4.78, 5) is 13.4. The SMILES string of the molecule is CO[C@H]1C[C@@H](CN(C)C)N(c2cc(NCCc3cn[nH]c3)ncn2)C1. The van der Waals surface area contributed by atoms with E-state index < -0.39 is 0 Å². The summed E-state index contributed by atoms with van der Waals surface area (Å²) in [5, 5.41) is 10.2. The Hall–Kier alpha value is -2.19. The van der Waals surface area contributed by atoms with Gasteiger partial charge >= 0.3 is 0 Å². The van der Waals surface area contributed by atoms with Crippen LogP contribution in [0.2, 0.25) is 0 Å². The zero-order valence-corrected chi connectivity index (χ0v) is 15.1. The fourth-order valence-electron chi connectivity index (χ4n) is 3.27. The monoisotopic (exact) mass is 345 g/mol. The first-order chi connectivity index (χ1) is 12.2. The summed E-state index contributed by atoms with van der Waals surface area (Å²) in [6.07, 6.45) is 7.54. The number of hydrogen-bond donors (Lipinski definition) is 2. The largest absolute Gasteiger partial charge is 0.380 e. The molecule has 0 spiro atoms. The molecule has 2 aromatic heterocycles. The number of rotatable bonds is 8. The van der Waals surface area contributed by atoms with Gasteiger partial charge in [-0.15, -0.1) is 0 Å². The van der Waals surface area contributed by atoms with Crippen molar-refractivity contribution in [1.29, 1.82) is 0 Å². The van der Waals surface area contributed by atoms with Crippen molar-refractivity contribution in [2.75, 3.05) is 51.1 Å². The second-order valence-electron chi connectivity index (χ2n) is 6.71. The summed E-state index contributed by atoms with van der Waals surface area (Å²) < 4.78 is 5.58. The van der Waals surface area contributed by atoms with Crippen LogP contribution in [-0.2, 0) is 11.2 Å². The Kier molecular flexibility index (Phi) is 5.83. The number of methoxy groups -OCH3 is 1. The number of hydrogen-bond acceptors (Lipinski definition) is 7. The Labute approximate surface area is 148 Å². The van der Waals surface area contributed by atoms with E-state index in [1.807, 2.05) is 18.5 Å². The lowest BCUT2D eigenvalue weighted by Gasteiger charge is -2.27. The van der Waals surface area contributed by atoms with Crippen molar-refractivity contribution in [3.8, 4) is 0 Å². The van der Waals surface area contributed by atoms with Crippen molar-refractivity contribution in [1.82, 2.24) is 25.1 Å². The van der Waals surface area contributed by atoms with Crippen molar-refractivity contribution >= 4 is 11.6 Å². The van der Waals surface area contributed by atoms with Crippen molar-refractivity contribution < 1.29 is 4.74 Å². The van der Waals surface area contributed by atoms with Gasteiger partial charge in [0.15, 0.2) is 0 Å². The van der Waals surface area contributed by atoms with Crippen LogP contribution in [0.4, 0.5) is 11.6 Å². The minimum atomic E-state index is 0.248. The summed E-state index contributed by atoms with van der Waals surface area (Å²) in [6.45, 7) is 2.64. The molecule has 1 aliphatic rings. The van der Waals surface area contributed by atoms with E-state index in [9.17, 15) is 0 Å². The van der Waals surface area contributed by atoms with E-state index in [4.69, 9.17) is 4.74 Å². The fraction of sp³-hybridized carbons (Fsp3) is 0.588. The molecule has 136 valence electrons. The molecule has 0 aromatic carbocycles.